The van der Waals surface area contributed by atoms with Gasteiger partial charge in [0.25, 0.3) is 0 Å². The normalized spacial score (nSPS) is 15.8. The van der Waals surface area contributed by atoms with Crippen molar-refractivity contribution in [3.05, 3.63) is 35.4 Å². The first-order chi connectivity index (χ1) is 15.3. The molecule has 0 saturated carbocycles. The lowest BCUT2D eigenvalue weighted by atomic mass is 9.79. The number of hydrogen-bond acceptors (Lipinski definition) is 2. The average molecular weight is 425 g/mol. The van der Waals surface area contributed by atoms with Crippen molar-refractivity contribution in [2.45, 2.75) is 104 Å². The Kier molecular flexibility index (Phi) is 10.0. The number of hydrogen-bond donors (Lipinski definition) is 0. The highest BCUT2D eigenvalue weighted by Crippen LogP contribution is 2.46. The van der Waals surface area contributed by atoms with E-state index in [-0.39, 0.29) is 0 Å². The summed E-state index contributed by atoms with van der Waals surface area (Å²) in [7, 11) is 0. The standard InChI is InChI=1S/C29H44O2/c1-4-7-10-15-23-18-19-26-27(22-23)29(31-21-14-9-6-3)25-17-12-11-16-24(25)28(26)30-20-13-8-5-2/h11-12,16-17,23H,4-10,13-15,18-22H2,1-3H3. The van der Waals surface area contributed by atoms with Crippen molar-refractivity contribution in [2.24, 2.45) is 5.92 Å². The molecule has 1 aliphatic carbocycles. The molecule has 0 aromatic heterocycles. The summed E-state index contributed by atoms with van der Waals surface area (Å²) in [6.07, 6.45) is 16.1. The van der Waals surface area contributed by atoms with Crippen LogP contribution in [0.2, 0.25) is 0 Å². The SMILES string of the molecule is CCCCCOc1c2c(c(OCCCCC)c3ccccc13)CC(CCCCC)CC2. The van der Waals surface area contributed by atoms with Gasteiger partial charge in [-0.15, -0.1) is 0 Å². The Morgan fingerprint density at radius 1 is 0.710 bits per heavy atom. The fourth-order valence-corrected chi connectivity index (χ4v) is 5.01. The summed E-state index contributed by atoms with van der Waals surface area (Å²) in [5, 5.41) is 2.49. The average Bonchev–Trinajstić information content (AvgIpc) is 2.80. The monoisotopic (exact) mass is 424 g/mol. The zero-order valence-electron chi connectivity index (χ0n) is 20.3. The van der Waals surface area contributed by atoms with Crippen LogP contribution in [0.15, 0.2) is 24.3 Å². The second kappa shape index (κ2) is 13.0. The molecule has 3 rings (SSSR count). The van der Waals surface area contributed by atoms with E-state index in [0.717, 1.165) is 56.3 Å². The van der Waals surface area contributed by atoms with Gasteiger partial charge in [-0.2, -0.15) is 0 Å². The smallest absolute Gasteiger partial charge is 0.130 e. The van der Waals surface area contributed by atoms with E-state index in [1.54, 1.807) is 0 Å². The van der Waals surface area contributed by atoms with E-state index in [9.17, 15) is 0 Å². The third-order valence-electron chi connectivity index (χ3n) is 6.83. The summed E-state index contributed by atoms with van der Waals surface area (Å²) in [5.41, 5.74) is 2.89. The van der Waals surface area contributed by atoms with Crippen LogP contribution in [0.4, 0.5) is 0 Å². The van der Waals surface area contributed by atoms with E-state index in [1.165, 1.54) is 79.7 Å². The summed E-state index contributed by atoms with van der Waals surface area (Å²) in [6, 6.07) is 8.77. The molecule has 1 aliphatic rings. The first-order valence-electron chi connectivity index (χ1n) is 13.1. The Balaban J connectivity index is 1.94. The van der Waals surface area contributed by atoms with Gasteiger partial charge in [0.05, 0.1) is 13.2 Å². The molecule has 0 heterocycles. The number of benzene rings is 2. The molecule has 2 aromatic rings. The Hall–Kier alpha value is -1.70. The van der Waals surface area contributed by atoms with Gasteiger partial charge in [0.2, 0.25) is 0 Å². The van der Waals surface area contributed by atoms with Gasteiger partial charge in [0.1, 0.15) is 11.5 Å². The predicted octanol–water partition coefficient (Wildman–Crippen LogP) is 8.66. The van der Waals surface area contributed by atoms with Crippen molar-refractivity contribution < 1.29 is 9.47 Å². The highest BCUT2D eigenvalue weighted by atomic mass is 16.5. The lowest BCUT2D eigenvalue weighted by Crippen LogP contribution is -2.18. The molecule has 0 spiro atoms. The van der Waals surface area contributed by atoms with Crippen LogP contribution in [-0.2, 0) is 12.8 Å². The summed E-state index contributed by atoms with van der Waals surface area (Å²) in [6.45, 7) is 8.44. The van der Waals surface area contributed by atoms with Crippen molar-refractivity contribution >= 4 is 10.8 Å². The largest absolute Gasteiger partial charge is 0.493 e. The quantitative estimate of drug-likeness (QED) is 0.282. The number of ether oxygens (including phenoxy) is 2. The fraction of sp³-hybridized carbons (Fsp3) is 0.655. The molecule has 0 fully saturated rings. The van der Waals surface area contributed by atoms with Crippen molar-refractivity contribution in [3.8, 4) is 11.5 Å². The van der Waals surface area contributed by atoms with E-state index in [1.807, 2.05) is 0 Å². The predicted molar refractivity (Wildman–Crippen MR) is 134 cm³/mol. The molecule has 0 bridgehead atoms. The topological polar surface area (TPSA) is 18.5 Å². The van der Waals surface area contributed by atoms with Crippen LogP contribution in [0, 0.1) is 5.92 Å². The second-order valence-electron chi connectivity index (χ2n) is 9.38. The van der Waals surface area contributed by atoms with Gasteiger partial charge < -0.3 is 9.47 Å². The van der Waals surface area contributed by atoms with Crippen LogP contribution in [0.3, 0.4) is 0 Å². The molecule has 2 nitrogen and oxygen atoms in total. The van der Waals surface area contributed by atoms with Crippen molar-refractivity contribution in [3.63, 3.8) is 0 Å². The van der Waals surface area contributed by atoms with Gasteiger partial charge in [-0.3, -0.25) is 0 Å². The van der Waals surface area contributed by atoms with E-state index in [4.69, 9.17) is 9.47 Å². The number of fused-ring (bicyclic) bond motifs is 2. The van der Waals surface area contributed by atoms with Crippen molar-refractivity contribution in [1.29, 1.82) is 0 Å². The molecule has 0 saturated heterocycles. The molecule has 0 amide bonds. The maximum Gasteiger partial charge on any atom is 0.130 e. The first-order valence-corrected chi connectivity index (χ1v) is 13.1. The van der Waals surface area contributed by atoms with E-state index in [2.05, 4.69) is 45.0 Å². The molecule has 1 atom stereocenters. The van der Waals surface area contributed by atoms with Gasteiger partial charge in [-0.25, -0.2) is 0 Å². The molecule has 1 unspecified atom stereocenters. The Morgan fingerprint density at radius 3 is 1.84 bits per heavy atom. The zero-order chi connectivity index (χ0) is 21.9. The van der Waals surface area contributed by atoms with Gasteiger partial charge in [0.15, 0.2) is 0 Å². The van der Waals surface area contributed by atoms with Gasteiger partial charge >= 0.3 is 0 Å². The Morgan fingerprint density at radius 2 is 1.26 bits per heavy atom. The minimum Gasteiger partial charge on any atom is -0.493 e. The van der Waals surface area contributed by atoms with Gasteiger partial charge in [0, 0.05) is 21.9 Å². The van der Waals surface area contributed by atoms with Crippen molar-refractivity contribution in [2.75, 3.05) is 13.2 Å². The van der Waals surface area contributed by atoms with Crippen LogP contribution in [-0.4, -0.2) is 13.2 Å². The Bertz CT molecular complexity index is 795. The highest BCUT2D eigenvalue weighted by molar-refractivity contribution is 5.96. The number of unbranched alkanes of at least 4 members (excludes halogenated alkanes) is 6. The van der Waals surface area contributed by atoms with Gasteiger partial charge in [-0.1, -0.05) is 96.4 Å². The van der Waals surface area contributed by atoms with Crippen LogP contribution < -0.4 is 9.47 Å². The van der Waals surface area contributed by atoms with Gasteiger partial charge in [-0.05, 0) is 38.0 Å². The van der Waals surface area contributed by atoms with Crippen molar-refractivity contribution in [1.82, 2.24) is 0 Å². The molecule has 0 aliphatic heterocycles. The lowest BCUT2D eigenvalue weighted by molar-refractivity contribution is 0.290. The van der Waals surface area contributed by atoms with Crippen LogP contribution in [0.1, 0.15) is 103 Å². The maximum absolute atomic E-state index is 6.54. The van der Waals surface area contributed by atoms with Crippen LogP contribution in [0.5, 0.6) is 11.5 Å². The van der Waals surface area contributed by atoms with E-state index >= 15 is 0 Å². The summed E-state index contributed by atoms with van der Waals surface area (Å²) in [5.74, 6) is 3.09. The first kappa shape index (κ1) is 24.0. The molecule has 2 aromatic carbocycles. The van der Waals surface area contributed by atoms with E-state index < -0.39 is 0 Å². The second-order valence-corrected chi connectivity index (χ2v) is 9.38. The molecule has 31 heavy (non-hydrogen) atoms. The zero-order valence-corrected chi connectivity index (χ0v) is 20.3. The van der Waals surface area contributed by atoms with Crippen LogP contribution >= 0.6 is 0 Å². The molecule has 2 heteroatoms. The number of rotatable bonds is 14. The molecular weight excluding hydrogens is 380 g/mol. The fourth-order valence-electron chi connectivity index (χ4n) is 5.01. The summed E-state index contributed by atoms with van der Waals surface area (Å²) < 4.78 is 13.0. The Labute approximate surface area is 190 Å². The minimum absolute atomic E-state index is 0.783. The third kappa shape index (κ3) is 6.40. The van der Waals surface area contributed by atoms with E-state index in [0.29, 0.717) is 0 Å². The third-order valence-corrected chi connectivity index (χ3v) is 6.83. The molecule has 0 radical (unpaired) electrons. The summed E-state index contributed by atoms with van der Waals surface area (Å²) >= 11 is 0. The summed E-state index contributed by atoms with van der Waals surface area (Å²) in [4.78, 5) is 0. The van der Waals surface area contributed by atoms with Crippen LogP contribution in [0.25, 0.3) is 10.8 Å². The molecule has 0 N–H and O–H groups in total. The molecule has 172 valence electrons. The lowest BCUT2D eigenvalue weighted by Gasteiger charge is -2.30. The minimum atomic E-state index is 0.783. The molecular formula is C29H44O2. The maximum atomic E-state index is 6.54. The highest BCUT2D eigenvalue weighted by Gasteiger charge is 2.27.